The lowest BCUT2D eigenvalue weighted by Gasteiger charge is -2.33. The van der Waals surface area contributed by atoms with Gasteiger partial charge in [-0.3, -0.25) is 9.59 Å². The maximum Gasteiger partial charge on any atom is 0.311 e. The van der Waals surface area contributed by atoms with Gasteiger partial charge in [0.2, 0.25) is 0 Å². The van der Waals surface area contributed by atoms with E-state index >= 15 is 0 Å². The summed E-state index contributed by atoms with van der Waals surface area (Å²) in [6.07, 6.45) is 0. The van der Waals surface area contributed by atoms with Gasteiger partial charge < -0.3 is 19.9 Å². The van der Waals surface area contributed by atoms with Crippen molar-refractivity contribution in [3.8, 4) is 0 Å². The van der Waals surface area contributed by atoms with Crippen molar-refractivity contribution in [1.29, 1.82) is 0 Å². The van der Waals surface area contributed by atoms with Crippen LogP contribution in [0.4, 0.5) is 0 Å². The molecule has 1 heterocycles. The molecule has 1 N–H and O–H groups in total. The molecule has 6 heteroatoms. The lowest BCUT2D eigenvalue weighted by atomic mass is 10.3. The summed E-state index contributed by atoms with van der Waals surface area (Å²) in [5, 5.41) is 2.54. The molecular weight excluding hydrogens is 222 g/mol. The van der Waals surface area contributed by atoms with Crippen LogP contribution < -0.4 is 5.32 Å². The normalized spacial score (nSPS) is 16.9. The minimum absolute atomic E-state index is 0.371. The zero-order valence-corrected chi connectivity index (χ0v) is 10.6. The van der Waals surface area contributed by atoms with Gasteiger partial charge in [-0.15, -0.1) is 0 Å². The fraction of sp³-hybridized carbons (Fsp3) is 0.818. The van der Waals surface area contributed by atoms with E-state index in [1.165, 1.54) is 0 Å². The maximum absolute atomic E-state index is 11.7. The molecule has 0 aromatic rings. The van der Waals surface area contributed by atoms with Gasteiger partial charge >= 0.3 is 11.8 Å². The highest BCUT2D eigenvalue weighted by Gasteiger charge is 2.24. The molecule has 17 heavy (non-hydrogen) atoms. The minimum Gasteiger partial charge on any atom is -0.383 e. The van der Waals surface area contributed by atoms with E-state index in [-0.39, 0.29) is 0 Å². The van der Waals surface area contributed by atoms with Crippen LogP contribution in [0, 0.1) is 0 Å². The number of amides is 2. The Bertz CT molecular complexity index is 263. The molecule has 98 valence electrons. The van der Waals surface area contributed by atoms with Crippen molar-refractivity contribution in [3.63, 3.8) is 0 Å². The number of piperazine rings is 1. The van der Waals surface area contributed by atoms with E-state index in [9.17, 15) is 9.59 Å². The number of nitrogens with one attached hydrogen (secondary N) is 1. The number of carbonyl (C=O) groups is 2. The van der Waals surface area contributed by atoms with Crippen molar-refractivity contribution in [3.05, 3.63) is 0 Å². The summed E-state index contributed by atoms with van der Waals surface area (Å²) in [6, 6.07) is 0. The molecule has 1 aliphatic rings. The predicted octanol–water partition coefficient (Wildman–Crippen LogP) is -1.09. The molecule has 6 nitrogen and oxygen atoms in total. The highest BCUT2D eigenvalue weighted by molar-refractivity contribution is 6.35. The second-order valence-electron chi connectivity index (χ2n) is 3.98. The fourth-order valence-corrected chi connectivity index (χ4v) is 1.75. The number of likely N-dealkylation sites (N-methyl/N-ethyl adjacent to an activating group) is 1. The quantitative estimate of drug-likeness (QED) is 0.503. The molecule has 2 amide bonds. The Balaban J connectivity index is 2.30. The Kier molecular flexibility index (Phi) is 5.93. The van der Waals surface area contributed by atoms with E-state index < -0.39 is 11.8 Å². The van der Waals surface area contributed by atoms with Gasteiger partial charge in [-0.05, 0) is 6.54 Å². The van der Waals surface area contributed by atoms with Gasteiger partial charge in [0.25, 0.3) is 0 Å². The van der Waals surface area contributed by atoms with E-state index in [1.54, 1.807) is 12.0 Å². The third kappa shape index (κ3) is 4.32. The van der Waals surface area contributed by atoms with Crippen molar-refractivity contribution in [2.45, 2.75) is 6.92 Å². The van der Waals surface area contributed by atoms with Gasteiger partial charge in [0, 0.05) is 39.8 Å². The van der Waals surface area contributed by atoms with E-state index in [0.717, 1.165) is 19.6 Å². The van der Waals surface area contributed by atoms with Crippen molar-refractivity contribution in [2.24, 2.45) is 0 Å². The number of ether oxygens (including phenoxy) is 1. The Labute approximate surface area is 102 Å². The molecule has 0 radical (unpaired) electrons. The number of hydrogen-bond donors (Lipinski definition) is 1. The summed E-state index contributed by atoms with van der Waals surface area (Å²) < 4.78 is 4.80. The molecule has 0 unspecified atom stereocenters. The van der Waals surface area contributed by atoms with Gasteiger partial charge in [-0.2, -0.15) is 0 Å². The topological polar surface area (TPSA) is 61.9 Å². The third-order valence-corrected chi connectivity index (χ3v) is 2.89. The molecule has 0 aromatic heterocycles. The van der Waals surface area contributed by atoms with E-state index in [4.69, 9.17) is 4.74 Å². The zero-order chi connectivity index (χ0) is 12.7. The number of rotatable bonds is 4. The zero-order valence-electron chi connectivity index (χ0n) is 10.6. The van der Waals surface area contributed by atoms with E-state index in [1.807, 2.05) is 0 Å². The minimum atomic E-state index is -0.535. The molecule has 0 spiro atoms. The summed E-state index contributed by atoms with van der Waals surface area (Å²) in [5.74, 6) is -0.969. The van der Waals surface area contributed by atoms with Crippen LogP contribution in [0.1, 0.15) is 6.92 Å². The van der Waals surface area contributed by atoms with Crippen LogP contribution in [-0.4, -0.2) is 74.6 Å². The largest absolute Gasteiger partial charge is 0.383 e. The first-order valence-electron chi connectivity index (χ1n) is 5.97. The highest BCUT2D eigenvalue weighted by atomic mass is 16.5. The first-order valence-corrected chi connectivity index (χ1v) is 5.97. The Morgan fingerprint density at radius 3 is 2.41 bits per heavy atom. The Morgan fingerprint density at radius 1 is 1.24 bits per heavy atom. The summed E-state index contributed by atoms with van der Waals surface area (Å²) in [6.45, 7) is 6.81. The summed E-state index contributed by atoms with van der Waals surface area (Å²) in [7, 11) is 1.55. The first-order chi connectivity index (χ1) is 8.19. The third-order valence-electron chi connectivity index (χ3n) is 2.89. The number of methoxy groups -OCH3 is 1. The predicted molar refractivity (Wildman–Crippen MR) is 63.6 cm³/mol. The molecule has 0 atom stereocenters. The highest BCUT2D eigenvalue weighted by Crippen LogP contribution is 2.01. The average Bonchev–Trinajstić information content (AvgIpc) is 2.38. The molecule has 0 saturated carbocycles. The van der Waals surface area contributed by atoms with Gasteiger partial charge in [-0.1, -0.05) is 6.92 Å². The Morgan fingerprint density at radius 2 is 1.88 bits per heavy atom. The fourth-order valence-electron chi connectivity index (χ4n) is 1.75. The van der Waals surface area contributed by atoms with Crippen LogP contribution in [0.15, 0.2) is 0 Å². The van der Waals surface area contributed by atoms with Crippen LogP contribution in [0.25, 0.3) is 0 Å². The Hall–Kier alpha value is -1.14. The lowest BCUT2D eigenvalue weighted by molar-refractivity contribution is -0.147. The SMILES string of the molecule is CCN1CCN(C(=O)C(=O)NCCOC)CC1. The summed E-state index contributed by atoms with van der Waals surface area (Å²) >= 11 is 0. The van der Waals surface area contributed by atoms with E-state index in [0.29, 0.717) is 26.2 Å². The molecule has 0 aliphatic carbocycles. The average molecular weight is 243 g/mol. The van der Waals surface area contributed by atoms with Crippen LogP contribution in [0.2, 0.25) is 0 Å². The lowest BCUT2D eigenvalue weighted by Crippen LogP contribution is -2.52. The monoisotopic (exact) mass is 243 g/mol. The molecule has 0 aromatic carbocycles. The number of hydrogen-bond acceptors (Lipinski definition) is 4. The van der Waals surface area contributed by atoms with Crippen molar-refractivity contribution in [2.75, 3.05) is 53.0 Å². The van der Waals surface area contributed by atoms with Gasteiger partial charge in [0.15, 0.2) is 0 Å². The molecule has 1 rings (SSSR count). The molecule has 1 aliphatic heterocycles. The summed E-state index contributed by atoms with van der Waals surface area (Å²) in [4.78, 5) is 27.1. The number of carbonyl (C=O) groups excluding carboxylic acids is 2. The second-order valence-corrected chi connectivity index (χ2v) is 3.98. The molecule has 0 bridgehead atoms. The molecular formula is C11H21N3O3. The molecule has 1 fully saturated rings. The van der Waals surface area contributed by atoms with Crippen LogP contribution in [0.3, 0.4) is 0 Å². The molecule has 1 saturated heterocycles. The summed E-state index contributed by atoms with van der Waals surface area (Å²) in [5.41, 5.74) is 0. The standard InChI is InChI=1S/C11H21N3O3/c1-3-13-5-7-14(8-6-13)11(16)10(15)12-4-9-17-2/h3-9H2,1-2H3,(H,12,15). The smallest absolute Gasteiger partial charge is 0.311 e. The van der Waals surface area contributed by atoms with Crippen molar-refractivity contribution in [1.82, 2.24) is 15.1 Å². The van der Waals surface area contributed by atoms with Crippen LogP contribution in [-0.2, 0) is 14.3 Å². The second kappa shape index (κ2) is 7.24. The number of nitrogens with zero attached hydrogens (tertiary/aromatic N) is 2. The van der Waals surface area contributed by atoms with E-state index in [2.05, 4.69) is 17.1 Å². The van der Waals surface area contributed by atoms with Crippen molar-refractivity contribution < 1.29 is 14.3 Å². The maximum atomic E-state index is 11.7. The van der Waals surface area contributed by atoms with Crippen molar-refractivity contribution >= 4 is 11.8 Å². The van der Waals surface area contributed by atoms with Gasteiger partial charge in [-0.25, -0.2) is 0 Å². The van der Waals surface area contributed by atoms with Gasteiger partial charge in [0.1, 0.15) is 0 Å². The first kappa shape index (κ1) is 13.9. The van der Waals surface area contributed by atoms with Crippen LogP contribution in [0.5, 0.6) is 0 Å². The van der Waals surface area contributed by atoms with Gasteiger partial charge in [0.05, 0.1) is 6.61 Å². The van der Waals surface area contributed by atoms with Crippen LogP contribution >= 0.6 is 0 Å².